The molecule has 0 aliphatic carbocycles. The smallest absolute Gasteiger partial charge is 0.158 e. The van der Waals surface area contributed by atoms with E-state index in [-0.39, 0.29) is 18.2 Å². The molecule has 2 unspecified atom stereocenters. The van der Waals surface area contributed by atoms with Crippen LogP contribution in [0.15, 0.2) is 29.7 Å². The molecule has 0 aromatic carbocycles. The van der Waals surface area contributed by atoms with Crippen LogP contribution in [0, 0.1) is 11.8 Å². The Labute approximate surface area is 136 Å². The first-order valence-electron chi connectivity index (χ1n) is 7.78. The first kappa shape index (κ1) is 17.0. The molecule has 0 amide bonds. The highest BCUT2D eigenvalue weighted by Gasteiger charge is 2.19. The highest BCUT2D eigenvalue weighted by molar-refractivity contribution is 7.10. The van der Waals surface area contributed by atoms with Gasteiger partial charge in [-0.1, -0.05) is 24.8 Å². The summed E-state index contributed by atoms with van der Waals surface area (Å²) in [5, 5.41) is 2.00. The van der Waals surface area contributed by atoms with E-state index in [1.54, 1.807) is 17.4 Å². The van der Waals surface area contributed by atoms with Crippen LogP contribution in [-0.2, 0) is 14.3 Å². The van der Waals surface area contributed by atoms with Crippen LogP contribution in [0.3, 0.4) is 0 Å². The van der Waals surface area contributed by atoms with Gasteiger partial charge in [0.1, 0.15) is 5.78 Å². The Morgan fingerprint density at radius 3 is 3.18 bits per heavy atom. The zero-order valence-electron chi connectivity index (χ0n) is 12.9. The number of ketones is 1. The Morgan fingerprint density at radius 1 is 1.59 bits per heavy atom. The number of Topliss-reactive ketones (excluding diaryl/α,β-unsaturated/α-hetero) is 1. The maximum absolute atomic E-state index is 11.7. The van der Waals surface area contributed by atoms with Gasteiger partial charge in [0.2, 0.25) is 0 Å². The molecule has 2 heterocycles. The molecule has 0 bridgehead atoms. The third-order valence-electron chi connectivity index (χ3n) is 3.40. The van der Waals surface area contributed by atoms with E-state index in [0.717, 1.165) is 30.7 Å². The predicted octanol–water partition coefficient (Wildman–Crippen LogP) is 3.94. The van der Waals surface area contributed by atoms with Gasteiger partial charge in [-0.15, -0.1) is 11.3 Å². The van der Waals surface area contributed by atoms with Crippen LogP contribution in [-0.4, -0.2) is 24.8 Å². The number of allylic oxidation sites excluding steroid dienone is 1. The third-order valence-corrected chi connectivity index (χ3v) is 4.18. The summed E-state index contributed by atoms with van der Waals surface area (Å²) in [5.41, 5.74) is 0. The lowest BCUT2D eigenvalue weighted by Crippen LogP contribution is -2.28. The van der Waals surface area contributed by atoms with Crippen molar-refractivity contribution < 1.29 is 14.3 Å². The molecule has 2 atom stereocenters. The standard InChI is InChI=1S/C18H22O3S/c1-2-15(19)14-16(21-18-11-5-6-12-20-18)8-3-4-9-17-10-7-13-22-17/h3,7-8,10,13,16,18H,2,5-6,11-12,14H2,1H3. The second-order valence-electron chi connectivity index (χ2n) is 5.17. The van der Waals surface area contributed by atoms with E-state index in [1.165, 1.54) is 0 Å². The fraction of sp³-hybridized carbons (Fsp3) is 0.500. The average Bonchev–Trinajstić information content (AvgIpc) is 3.05. The van der Waals surface area contributed by atoms with Crippen LogP contribution < -0.4 is 0 Å². The van der Waals surface area contributed by atoms with Gasteiger partial charge in [0.15, 0.2) is 6.29 Å². The summed E-state index contributed by atoms with van der Waals surface area (Å²) < 4.78 is 11.5. The van der Waals surface area contributed by atoms with Crippen LogP contribution in [0.2, 0.25) is 0 Å². The summed E-state index contributed by atoms with van der Waals surface area (Å²) in [6.45, 7) is 2.61. The maximum Gasteiger partial charge on any atom is 0.158 e. The van der Waals surface area contributed by atoms with Gasteiger partial charge in [-0.3, -0.25) is 4.79 Å². The Bertz CT molecular complexity index is 530. The quantitative estimate of drug-likeness (QED) is 0.745. The van der Waals surface area contributed by atoms with Crippen LogP contribution in [0.4, 0.5) is 0 Å². The largest absolute Gasteiger partial charge is 0.353 e. The van der Waals surface area contributed by atoms with E-state index in [9.17, 15) is 4.79 Å². The first-order chi connectivity index (χ1) is 10.8. The van der Waals surface area contributed by atoms with E-state index >= 15 is 0 Å². The Hall–Kier alpha value is -1.41. The number of rotatable bonds is 6. The molecule has 0 radical (unpaired) electrons. The van der Waals surface area contributed by atoms with E-state index in [0.29, 0.717) is 12.8 Å². The van der Waals surface area contributed by atoms with E-state index in [1.807, 2.05) is 30.5 Å². The molecular formula is C18H22O3S. The van der Waals surface area contributed by atoms with Crippen molar-refractivity contribution in [3.05, 3.63) is 34.5 Å². The van der Waals surface area contributed by atoms with Gasteiger partial charge >= 0.3 is 0 Å². The Morgan fingerprint density at radius 2 is 2.50 bits per heavy atom. The van der Waals surface area contributed by atoms with Gasteiger partial charge in [0.05, 0.1) is 11.0 Å². The number of carbonyl (C=O) groups excluding carboxylic acids is 1. The van der Waals surface area contributed by atoms with Crippen molar-refractivity contribution in [3.8, 4) is 11.8 Å². The minimum atomic E-state index is -0.256. The molecule has 0 saturated carbocycles. The number of ether oxygens (including phenoxy) is 2. The highest BCUT2D eigenvalue weighted by atomic mass is 32.1. The lowest BCUT2D eigenvalue weighted by Gasteiger charge is -2.26. The molecule has 1 fully saturated rings. The lowest BCUT2D eigenvalue weighted by molar-refractivity contribution is -0.180. The normalized spacial score (nSPS) is 19.6. The molecule has 0 N–H and O–H groups in total. The predicted molar refractivity (Wildman–Crippen MR) is 88.7 cm³/mol. The molecule has 1 saturated heterocycles. The lowest BCUT2D eigenvalue weighted by atomic mass is 10.1. The van der Waals surface area contributed by atoms with Gasteiger partial charge in [-0.05, 0) is 42.9 Å². The molecule has 0 spiro atoms. The van der Waals surface area contributed by atoms with Crippen molar-refractivity contribution in [2.24, 2.45) is 0 Å². The van der Waals surface area contributed by atoms with Crippen molar-refractivity contribution in [3.63, 3.8) is 0 Å². The first-order valence-corrected chi connectivity index (χ1v) is 8.66. The zero-order valence-corrected chi connectivity index (χ0v) is 13.7. The SMILES string of the molecule is CCC(=O)CC(C=CC#Cc1cccs1)OC1CCCCO1. The van der Waals surface area contributed by atoms with Crippen molar-refractivity contribution in [2.75, 3.05) is 6.61 Å². The Balaban J connectivity index is 1.92. The molecule has 3 nitrogen and oxygen atoms in total. The fourth-order valence-electron chi connectivity index (χ4n) is 2.16. The zero-order chi connectivity index (χ0) is 15.6. The molecule has 4 heteroatoms. The summed E-state index contributed by atoms with van der Waals surface area (Å²) in [6, 6.07) is 3.96. The summed E-state index contributed by atoms with van der Waals surface area (Å²) in [5.74, 6) is 6.25. The molecule has 1 aliphatic rings. The second-order valence-corrected chi connectivity index (χ2v) is 6.12. The average molecular weight is 318 g/mol. The number of hydrogen-bond acceptors (Lipinski definition) is 4. The van der Waals surface area contributed by atoms with Crippen LogP contribution in [0.5, 0.6) is 0 Å². The van der Waals surface area contributed by atoms with Crippen molar-refractivity contribution in [1.82, 2.24) is 0 Å². The minimum absolute atomic E-state index is 0.191. The molecule has 1 aromatic rings. The van der Waals surface area contributed by atoms with Gasteiger partial charge < -0.3 is 9.47 Å². The van der Waals surface area contributed by atoms with Crippen molar-refractivity contribution in [2.45, 2.75) is 51.4 Å². The molecular weight excluding hydrogens is 296 g/mol. The van der Waals surface area contributed by atoms with E-state index < -0.39 is 0 Å². The summed E-state index contributed by atoms with van der Waals surface area (Å²) in [6.07, 6.45) is 7.19. The van der Waals surface area contributed by atoms with Crippen LogP contribution in [0.25, 0.3) is 0 Å². The third kappa shape index (κ3) is 6.15. The number of carbonyl (C=O) groups is 1. The second kappa shape index (κ2) is 9.58. The topological polar surface area (TPSA) is 35.5 Å². The Kier molecular flexibility index (Phi) is 7.38. The molecule has 2 rings (SSSR count). The summed E-state index contributed by atoms with van der Waals surface area (Å²) in [7, 11) is 0. The molecule has 1 aromatic heterocycles. The highest BCUT2D eigenvalue weighted by Crippen LogP contribution is 2.17. The monoisotopic (exact) mass is 318 g/mol. The van der Waals surface area contributed by atoms with Gasteiger partial charge in [0.25, 0.3) is 0 Å². The van der Waals surface area contributed by atoms with Gasteiger partial charge in [0, 0.05) is 19.4 Å². The van der Waals surface area contributed by atoms with E-state index in [2.05, 4.69) is 11.8 Å². The van der Waals surface area contributed by atoms with Crippen molar-refractivity contribution >= 4 is 17.1 Å². The van der Waals surface area contributed by atoms with E-state index in [4.69, 9.17) is 9.47 Å². The maximum atomic E-state index is 11.7. The number of hydrogen-bond donors (Lipinski definition) is 0. The summed E-state index contributed by atoms with van der Waals surface area (Å²) >= 11 is 1.61. The molecule has 1 aliphatic heterocycles. The van der Waals surface area contributed by atoms with Gasteiger partial charge in [-0.2, -0.15) is 0 Å². The fourth-order valence-corrected chi connectivity index (χ4v) is 2.74. The number of thiophene rings is 1. The van der Waals surface area contributed by atoms with Gasteiger partial charge in [-0.25, -0.2) is 0 Å². The molecule has 22 heavy (non-hydrogen) atoms. The molecule has 118 valence electrons. The van der Waals surface area contributed by atoms with Crippen LogP contribution in [0.1, 0.15) is 43.9 Å². The summed E-state index contributed by atoms with van der Waals surface area (Å²) in [4.78, 5) is 12.7. The van der Waals surface area contributed by atoms with Crippen LogP contribution >= 0.6 is 11.3 Å². The minimum Gasteiger partial charge on any atom is -0.353 e. The van der Waals surface area contributed by atoms with Crippen molar-refractivity contribution in [1.29, 1.82) is 0 Å².